The van der Waals surface area contributed by atoms with Gasteiger partial charge in [0.15, 0.2) is 12.3 Å². The van der Waals surface area contributed by atoms with Crippen molar-refractivity contribution in [2.45, 2.75) is 13.1 Å². The van der Waals surface area contributed by atoms with Gasteiger partial charge in [0, 0.05) is 5.69 Å². The molecule has 2 aromatic heterocycles. The number of quaternary nitrogens is 1. The van der Waals surface area contributed by atoms with Gasteiger partial charge >= 0.3 is 0 Å². The van der Waals surface area contributed by atoms with Crippen LogP contribution in [0.15, 0.2) is 70.7 Å². The number of nitrogens with one attached hydrogen (secondary N) is 2. The van der Waals surface area contributed by atoms with Gasteiger partial charge in [-0.05, 0) is 35.7 Å². The minimum atomic E-state index is 0.00862. The predicted octanol–water partition coefficient (Wildman–Crippen LogP) is 2.56. The van der Waals surface area contributed by atoms with Crippen molar-refractivity contribution >= 4 is 22.9 Å². The van der Waals surface area contributed by atoms with Crippen molar-refractivity contribution in [3.05, 3.63) is 76.9 Å². The van der Waals surface area contributed by atoms with Crippen molar-refractivity contribution in [2.24, 2.45) is 0 Å². The Labute approximate surface area is 139 Å². The summed E-state index contributed by atoms with van der Waals surface area (Å²) >= 11 is 1.71. The molecule has 1 aromatic carbocycles. The second kappa shape index (κ2) is 7.76. The molecule has 2 heterocycles. The molecule has 2 N–H and O–H groups in total. The summed E-state index contributed by atoms with van der Waals surface area (Å²) in [6.07, 6.45) is 1.67. The molecule has 1 unspecified atom stereocenters. The molecule has 0 aliphatic heterocycles. The first-order chi connectivity index (χ1) is 11.3. The number of amides is 1. The third-order valence-corrected chi connectivity index (χ3v) is 4.35. The van der Waals surface area contributed by atoms with E-state index in [0.717, 1.165) is 22.9 Å². The second-order valence-corrected chi connectivity index (χ2v) is 6.39. The molecule has 4 nitrogen and oxygen atoms in total. The lowest BCUT2D eigenvalue weighted by Crippen LogP contribution is -3.10. The molecule has 0 radical (unpaired) electrons. The number of rotatable bonds is 7. The highest BCUT2D eigenvalue weighted by Crippen LogP contribution is 2.07. The highest BCUT2D eigenvalue weighted by atomic mass is 32.1. The molecule has 3 aromatic rings. The van der Waals surface area contributed by atoms with Crippen molar-refractivity contribution in [1.82, 2.24) is 0 Å². The number of thiophene rings is 1. The van der Waals surface area contributed by atoms with Crippen LogP contribution < -0.4 is 10.2 Å². The van der Waals surface area contributed by atoms with E-state index in [9.17, 15) is 4.79 Å². The Hall–Kier alpha value is -2.37. The van der Waals surface area contributed by atoms with Gasteiger partial charge in [-0.1, -0.05) is 24.3 Å². The smallest absolute Gasteiger partial charge is 0.279 e. The van der Waals surface area contributed by atoms with E-state index in [4.69, 9.17) is 4.42 Å². The van der Waals surface area contributed by atoms with Crippen LogP contribution in [0.5, 0.6) is 0 Å². The van der Waals surface area contributed by atoms with Crippen LogP contribution in [-0.2, 0) is 17.9 Å². The Kier molecular flexibility index (Phi) is 5.24. The van der Waals surface area contributed by atoms with Gasteiger partial charge in [-0.2, -0.15) is 0 Å². The van der Waals surface area contributed by atoms with E-state index in [-0.39, 0.29) is 5.91 Å². The van der Waals surface area contributed by atoms with Crippen molar-refractivity contribution in [1.29, 1.82) is 0 Å². The quantitative estimate of drug-likeness (QED) is 0.701. The van der Waals surface area contributed by atoms with E-state index >= 15 is 0 Å². The molecule has 5 heteroatoms. The molecule has 1 amide bonds. The average molecular weight is 327 g/mol. The maximum atomic E-state index is 12.3. The predicted molar refractivity (Wildman–Crippen MR) is 91.3 cm³/mol. The highest BCUT2D eigenvalue weighted by molar-refractivity contribution is 7.09. The summed E-state index contributed by atoms with van der Waals surface area (Å²) in [6.45, 7) is 1.89. The van der Waals surface area contributed by atoms with Crippen molar-refractivity contribution in [3.8, 4) is 0 Å². The lowest BCUT2D eigenvalue weighted by Gasteiger charge is -2.17. The fourth-order valence-corrected chi connectivity index (χ4v) is 3.24. The van der Waals surface area contributed by atoms with E-state index in [0.29, 0.717) is 13.1 Å². The fourth-order valence-electron chi connectivity index (χ4n) is 2.46. The van der Waals surface area contributed by atoms with E-state index in [1.807, 2.05) is 48.5 Å². The van der Waals surface area contributed by atoms with Crippen LogP contribution in [0.4, 0.5) is 5.69 Å². The molecule has 118 valence electrons. The number of carbonyl (C=O) groups excluding carboxylic acids is 1. The van der Waals surface area contributed by atoms with Gasteiger partial charge in [-0.15, -0.1) is 11.3 Å². The van der Waals surface area contributed by atoms with E-state index < -0.39 is 0 Å². The zero-order valence-corrected chi connectivity index (χ0v) is 13.5. The number of carbonyl (C=O) groups is 1. The van der Waals surface area contributed by atoms with Crippen molar-refractivity contribution < 1.29 is 14.1 Å². The molecule has 0 bridgehead atoms. The Balaban J connectivity index is 1.63. The third kappa shape index (κ3) is 4.81. The van der Waals surface area contributed by atoms with Crippen LogP contribution in [-0.4, -0.2) is 12.5 Å². The lowest BCUT2D eigenvalue weighted by atomic mass is 10.3. The van der Waals surface area contributed by atoms with Gasteiger partial charge in [0.25, 0.3) is 5.91 Å². The van der Waals surface area contributed by atoms with Crippen LogP contribution in [0.2, 0.25) is 0 Å². The average Bonchev–Trinajstić information content (AvgIpc) is 3.22. The monoisotopic (exact) mass is 327 g/mol. The van der Waals surface area contributed by atoms with Gasteiger partial charge in [0.05, 0.1) is 11.1 Å². The highest BCUT2D eigenvalue weighted by Gasteiger charge is 2.17. The van der Waals surface area contributed by atoms with Gasteiger partial charge in [0.2, 0.25) is 0 Å². The number of furan rings is 1. The third-order valence-electron chi connectivity index (χ3n) is 3.48. The molecule has 0 saturated heterocycles. The maximum Gasteiger partial charge on any atom is 0.279 e. The van der Waals surface area contributed by atoms with Crippen LogP contribution >= 0.6 is 11.3 Å². The topological polar surface area (TPSA) is 46.7 Å². The summed E-state index contributed by atoms with van der Waals surface area (Å²) in [5.74, 6) is 0.901. The molecular weight excluding hydrogens is 308 g/mol. The lowest BCUT2D eigenvalue weighted by molar-refractivity contribution is -0.920. The molecular formula is C18H19N2O2S+. The zero-order valence-electron chi connectivity index (χ0n) is 12.7. The molecule has 3 rings (SSSR count). The summed E-state index contributed by atoms with van der Waals surface area (Å²) in [6, 6.07) is 17.5. The van der Waals surface area contributed by atoms with Gasteiger partial charge < -0.3 is 14.6 Å². The summed E-state index contributed by atoms with van der Waals surface area (Å²) < 4.78 is 5.43. The van der Waals surface area contributed by atoms with Crippen LogP contribution in [0.3, 0.4) is 0 Å². The maximum absolute atomic E-state index is 12.3. The standard InChI is InChI=1S/C18H18N2O2S/c21-18(19-15-6-2-1-3-7-15)14-20(12-16-8-4-10-22-16)13-17-9-5-11-23-17/h1-11H,12-14H2,(H,19,21)/p+1. The van der Waals surface area contributed by atoms with Crippen molar-refractivity contribution in [3.63, 3.8) is 0 Å². The van der Waals surface area contributed by atoms with Crippen LogP contribution in [0, 0.1) is 0 Å². The molecule has 0 fully saturated rings. The Morgan fingerprint density at radius 3 is 2.61 bits per heavy atom. The van der Waals surface area contributed by atoms with E-state index in [2.05, 4.69) is 16.8 Å². The summed E-state index contributed by atoms with van der Waals surface area (Å²) in [7, 11) is 0. The molecule has 0 aliphatic rings. The largest absolute Gasteiger partial charge is 0.463 e. The summed E-state index contributed by atoms with van der Waals surface area (Å²) in [5, 5.41) is 5.00. The molecule has 0 aliphatic carbocycles. The van der Waals surface area contributed by atoms with Gasteiger partial charge in [-0.25, -0.2) is 0 Å². The summed E-state index contributed by atoms with van der Waals surface area (Å²) in [4.78, 5) is 14.7. The van der Waals surface area contributed by atoms with Crippen molar-refractivity contribution in [2.75, 3.05) is 11.9 Å². The first kappa shape index (κ1) is 15.5. The number of hydrogen-bond donors (Lipinski definition) is 2. The number of anilines is 1. The normalized spacial score (nSPS) is 12.0. The first-order valence-corrected chi connectivity index (χ1v) is 8.41. The van der Waals surface area contributed by atoms with E-state index in [1.165, 1.54) is 4.88 Å². The SMILES string of the molecule is O=C(C[NH+](Cc1ccco1)Cc1cccs1)Nc1ccccc1. The second-order valence-electron chi connectivity index (χ2n) is 5.35. The Morgan fingerprint density at radius 1 is 1.04 bits per heavy atom. The number of hydrogen-bond acceptors (Lipinski definition) is 3. The number of para-hydroxylation sites is 1. The first-order valence-electron chi connectivity index (χ1n) is 7.53. The van der Waals surface area contributed by atoms with Gasteiger partial charge in [0.1, 0.15) is 13.1 Å². The Morgan fingerprint density at radius 2 is 1.91 bits per heavy atom. The Bertz CT molecular complexity index is 673. The molecule has 23 heavy (non-hydrogen) atoms. The molecule has 0 saturated carbocycles. The molecule has 0 spiro atoms. The minimum Gasteiger partial charge on any atom is -0.463 e. The fraction of sp³-hybridized carbons (Fsp3) is 0.167. The van der Waals surface area contributed by atoms with Crippen LogP contribution in [0.25, 0.3) is 0 Å². The van der Waals surface area contributed by atoms with E-state index in [1.54, 1.807) is 17.6 Å². The summed E-state index contributed by atoms with van der Waals surface area (Å²) in [5.41, 5.74) is 0.825. The minimum absolute atomic E-state index is 0.00862. The van der Waals surface area contributed by atoms with Crippen LogP contribution in [0.1, 0.15) is 10.6 Å². The number of benzene rings is 1. The molecule has 1 atom stereocenters. The van der Waals surface area contributed by atoms with Gasteiger partial charge in [-0.3, -0.25) is 4.79 Å². The zero-order chi connectivity index (χ0) is 15.9.